The van der Waals surface area contributed by atoms with Crippen LogP contribution in [0, 0.1) is 6.92 Å². The Bertz CT molecular complexity index is 1270. The normalized spacial score (nSPS) is 16.2. The Morgan fingerprint density at radius 1 is 1.15 bits per heavy atom. The predicted molar refractivity (Wildman–Crippen MR) is 131 cm³/mol. The van der Waals surface area contributed by atoms with E-state index in [1.807, 2.05) is 47.3 Å². The fourth-order valence-electron chi connectivity index (χ4n) is 3.94. The van der Waals surface area contributed by atoms with Crippen LogP contribution in [0.3, 0.4) is 0 Å². The van der Waals surface area contributed by atoms with Crippen molar-refractivity contribution >= 4 is 38.7 Å². The zero-order valence-electron chi connectivity index (χ0n) is 18.2. The highest BCUT2D eigenvalue weighted by atomic mass is 79.9. The van der Waals surface area contributed by atoms with Crippen LogP contribution in [0.5, 0.6) is 0 Å². The molecule has 8 nitrogen and oxygen atoms in total. The molecule has 33 heavy (non-hydrogen) atoms. The van der Waals surface area contributed by atoms with Crippen LogP contribution in [0.1, 0.15) is 11.1 Å². The standard InChI is InChI=1S/C24H24BrN7O/c1-16-2-8-19(9-3-16)32-13-20-22(30-32)28-15-29-23(20)31-11-10-26-21(14-31)24(33)27-12-17-4-6-18(25)7-5-17/h2-9,13,15,21,26H,10-12,14H2,1H3,(H,27,33). The number of benzene rings is 2. The summed E-state index contributed by atoms with van der Waals surface area (Å²) in [5.41, 5.74) is 3.85. The maximum atomic E-state index is 12.8. The predicted octanol–water partition coefficient (Wildman–Crippen LogP) is 2.98. The van der Waals surface area contributed by atoms with Gasteiger partial charge >= 0.3 is 0 Å². The fraction of sp³-hybridized carbons (Fsp3) is 0.250. The van der Waals surface area contributed by atoms with Crippen LogP contribution < -0.4 is 15.5 Å². The van der Waals surface area contributed by atoms with Crippen molar-refractivity contribution in [2.24, 2.45) is 0 Å². The summed E-state index contributed by atoms with van der Waals surface area (Å²) in [4.78, 5) is 23.9. The Kier molecular flexibility index (Phi) is 6.06. The number of rotatable bonds is 5. The minimum absolute atomic E-state index is 0.0248. The SMILES string of the molecule is Cc1ccc(-n2cc3c(N4CCNC(C(=O)NCc5ccc(Br)cc5)C4)ncnc3n2)cc1. The lowest BCUT2D eigenvalue weighted by Crippen LogP contribution is -2.57. The highest BCUT2D eigenvalue weighted by molar-refractivity contribution is 9.10. The minimum Gasteiger partial charge on any atom is -0.353 e. The summed E-state index contributed by atoms with van der Waals surface area (Å²) in [6.45, 7) is 4.51. The largest absolute Gasteiger partial charge is 0.353 e. The zero-order chi connectivity index (χ0) is 22.8. The summed E-state index contributed by atoms with van der Waals surface area (Å²) >= 11 is 3.43. The van der Waals surface area contributed by atoms with Crippen molar-refractivity contribution < 1.29 is 4.79 Å². The van der Waals surface area contributed by atoms with Crippen molar-refractivity contribution in [2.45, 2.75) is 19.5 Å². The van der Waals surface area contributed by atoms with Gasteiger partial charge in [0.05, 0.1) is 11.1 Å². The molecule has 4 aromatic rings. The first kappa shape index (κ1) is 21.5. The summed E-state index contributed by atoms with van der Waals surface area (Å²) in [5, 5.41) is 11.9. The summed E-state index contributed by atoms with van der Waals surface area (Å²) in [6, 6.07) is 15.8. The van der Waals surface area contributed by atoms with Gasteiger partial charge in [0.25, 0.3) is 0 Å². The van der Waals surface area contributed by atoms with E-state index in [0.29, 0.717) is 25.3 Å². The molecule has 0 radical (unpaired) electrons. The van der Waals surface area contributed by atoms with Crippen LogP contribution in [0.4, 0.5) is 5.82 Å². The van der Waals surface area contributed by atoms with E-state index in [4.69, 9.17) is 0 Å². The lowest BCUT2D eigenvalue weighted by molar-refractivity contribution is -0.123. The highest BCUT2D eigenvalue weighted by Gasteiger charge is 2.27. The number of carbonyl (C=O) groups is 1. The average molecular weight is 506 g/mol. The average Bonchev–Trinajstić information content (AvgIpc) is 3.28. The quantitative estimate of drug-likeness (QED) is 0.433. The number of piperazine rings is 1. The van der Waals surface area contributed by atoms with Gasteiger partial charge in [0.2, 0.25) is 5.91 Å². The van der Waals surface area contributed by atoms with Crippen molar-refractivity contribution in [3.63, 3.8) is 0 Å². The zero-order valence-corrected chi connectivity index (χ0v) is 19.8. The molecule has 0 aliphatic carbocycles. The van der Waals surface area contributed by atoms with Gasteiger partial charge in [0, 0.05) is 36.8 Å². The molecule has 2 aromatic heterocycles. The first-order valence-electron chi connectivity index (χ1n) is 10.8. The van der Waals surface area contributed by atoms with Gasteiger partial charge in [-0.05, 0) is 36.8 Å². The number of fused-ring (bicyclic) bond motifs is 1. The summed E-state index contributed by atoms with van der Waals surface area (Å²) in [5.74, 6) is 0.772. The number of hydrogen-bond donors (Lipinski definition) is 2. The van der Waals surface area contributed by atoms with E-state index < -0.39 is 0 Å². The van der Waals surface area contributed by atoms with E-state index in [2.05, 4.69) is 65.6 Å². The van der Waals surface area contributed by atoms with Crippen molar-refractivity contribution in [1.29, 1.82) is 0 Å². The number of nitrogens with zero attached hydrogens (tertiary/aromatic N) is 5. The molecule has 2 N–H and O–H groups in total. The number of hydrogen-bond acceptors (Lipinski definition) is 6. The van der Waals surface area contributed by atoms with E-state index in [-0.39, 0.29) is 11.9 Å². The Balaban J connectivity index is 1.32. The molecule has 0 bridgehead atoms. The Hall–Kier alpha value is -3.30. The molecule has 3 heterocycles. The van der Waals surface area contributed by atoms with Crippen LogP contribution >= 0.6 is 15.9 Å². The fourth-order valence-corrected chi connectivity index (χ4v) is 4.20. The van der Waals surface area contributed by atoms with Crippen LogP contribution in [0.15, 0.2) is 65.5 Å². The van der Waals surface area contributed by atoms with Gasteiger partial charge in [-0.3, -0.25) is 4.79 Å². The number of halogens is 1. The molecular formula is C24H24BrN7O. The Morgan fingerprint density at radius 3 is 2.73 bits per heavy atom. The lowest BCUT2D eigenvalue weighted by atomic mass is 10.1. The third-order valence-electron chi connectivity index (χ3n) is 5.77. The van der Waals surface area contributed by atoms with Gasteiger partial charge in [-0.25, -0.2) is 14.6 Å². The van der Waals surface area contributed by atoms with E-state index >= 15 is 0 Å². The van der Waals surface area contributed by atoms with E-state index in [0.717, 1.165) is 33.5 Å². The van der Waals surface area contributed by atoms with E-state index in [9.17, 15) is 4.79 Å². The molecule has 2 aromatic carbocycles. The number of aryl methyl sites for hydroxylation is 1. The highest BCUT2D eigenvalue weighted by Crippen LogP contribution is 2.24. The first-order valence-corrected chi connectivity index (χ1v) is 11.6. The topological polar surface area (TPSA) is 88.0 Å². The number of nitrogens with one attached hydrogen (secondary N) is 2. The van der Waals surface area contributed by atoms with Crippen LogP contribution in [-0.4, -0.2) is 51.3 Å². The lowest BCUT2D eigenvalue weighted by Gasteiger charge is -2.33. The third-order valence-corrected chi connectivity index (χ3v) is 6.29. The van der Waals surface area contributed by atoms with Gasteiger partial charge in [-0.15, -0.1) is 5.10 Å². The second-order valence-electron chi connectivity index (χ2n) is 8.14. The molecule has 1 amide bonds. The maximum Gasteiger partial charge on any atom is 0.239 e. The molecule has 0 saturated carbocycles. The molecule has 1 fully saturated rings. The van der Waals surface area contributed by atoms with E-state index in [1.54, 1.807) is 0 Å². The number of carbonyl (C=O) groups excluding carboxylic acids is 1. The molecular weight excluding hydrogens is 482 g/mol. The van der Waals surface area contributed by atoms with Crippen molar-refractivity contribution in [1.82, 2.24) is 30.4 Å². The molecule has 9 heteroatoms. The van der Waals surface area contributed by atoms with Gasteiger partial charge in [-0.1, -0.05) is 45.8 Å². The number of anilines is 1. The summed E-state index contributed by atoms with van der Waals surface area (Å²) in [6.07, 6.45) is 3.49. The molecule has 1 aliphatic rings. The van der Waals surface area contributed by atoms with Crippen molar-refractivity contribution in [2.75, 3.05) is 24.5 Å². The number of amides is 1. The van der Waals surface area contributed by atoms with Gasteiger partial charge < -0.3 is 15.5 Å². The number of aromatic nitrogens is 4. The van der Waals surface area contributed by atoms with Crippen molar-refractivity contribution in [3.05, 3.63) is 76.7 Å². The molecule has 1 aliphatic heterocycles. The second kappa shape index (κ2) is 9.29. The monoisotopic (exact) mass is 505 g/mol. The summed E-state index contributed by atoms with van der Waals surface area (Å²) < 4.78 is 2.84. The smallest absolute Gasteiger partial charge is 0.239 e. The van der Waals surface area contributed by atoms with Crippen molar-refractivity contribution in [3.8, 4) is 5.69 Å². The molecule has 0 spiro atoms. The molecule has 5 rings (SSSR count). The van der Waals surface area contributed by atoms with Gasteiger partial charge in [-0.2, -0.15) is 0 Å². The molecule has 1 saturated heterocycles. The Morgan fingerprint density at radius 2 is 1.94 bits per heavy atom. The van der Waals surface area contributed by atoms with Crippen LogP contribution in [-0.2, 0) is 11.3 Å². The third kappa shape index (κ3) is 4.74. The minimum atomic E-state index is -0.327. The first-order chi connectivity index (χ1) is 16.1. The molecule has 1 atom stereocenters. The van der Waals surface area contributed by atoms with Crippen LogP contribution in [0.25, 0.3) is 16.7 Å². The van der Waals surface area contributed by atoms with Crippen LogP contribution in [0.2, 0.25) is 0 Å². The Labute approximate surface area is 200 Å². The maximum absolute atomic E-state index is 12.8. The molecule has 1 unspecified atom stereocenters. The summed E-state index contributed by atoms with van der Waals surface area (Å²) in [7, 11) is 0. The van der Waals surface area contributed by atoms with Gasteiger partial charge in [0.1, 0.15) is 18.2 Å². The second-order valence-corrected chi connectivity index (χ2v) is 9.06. The van der Waals surface area contributed by atoms with Gasteiger partial charge in [0.15, 0.2) is 5.65 Å². The van der Waals surface area contributed by atoms with E-state index in [1.165, 1.54) is 11.9 Å². The molecule has 168 valence electrons.